The number of carbonyl (C=O) groups is 1. The first kappa shape index (κ1) is 9.72. The summed E-state index contributed by atoms with van der Waals surface area (Å²) >= 11 is 0. The highest BCUT2D eigenvalue weighted by Gasteiger charge is 2.15. The van der Waals surface area contributed by atoms with Crippen LogP contribution in [0.5, 0.6) is 0 Å². The molecule has 4 nitrogen and oxygen atoms in total. The minimum absolute atomic E-state index is 0.259. The number of hydrogen-bond acceptors (Lipinski definition) is 2. The van der Waals surface area contributed by atoms with Crippen LogP contribution < -0.4 is 5.32 Å². The van der Waals surface area contributed by atoms with Crippen LogP contribution in [0.15, 0.2) is 47.8 Å². The van der Waals surface area contributed by atoms with Crippen molar-refractivity contribution in [1.29, 1.82) is 0 Å². The zero-order valence-corrected chi connectivity index (χ0v) is 8.92. The van der Waals surface area contributed by atoms with Crippen LogP contribution in [0.1, 0.15) is 16.2 Å². The van der Waals surface area contributed by atoms with E-state index in [1.165, 1.54) is 0 Å². The molecule has 0 saturated heterocycles. The summed E-state index contributed by atoms with van der Waals surface area (Å²) in [6.45, 7) is 0. The molecule has 0 fully saturated rings. The smallest absolute Gasteiger partial charge is 0.352 e. The van der Waals surface area contributed by atoms with Crippen molar-refractivity contribution in [1.82, 2.24) is 9.88 Å². The Balaban J connectivity index is 2.20. The molecule has 17 heavy (non-hydrogen) atoms. The van der Waals surface area contributed by atoms with E-state index < -0.39 is 5.97 Å². The third-order valence-electron chi connectivity index (χ3n) is 2.78. The van der Waals surface area contributed by atoms with Gasteiger partial charge in [0.25, 0.3) is 0 Å². The van der Waals surface area contributed by atoms with E-state index in [4.69, 9.17) is 5.11 Å². The van der Waals surface area contributed by atoms with E-state index in [-0.39, 0.29) is 5.69 Å². The summed E-state index contributed by atoms with van der Waals surface area (Å²) in [6.07, 6.45) is 11.4. The van der Waals surface area contributed by atoms with Gasteiger partial charge in [-0.3, -0.25) is 0 Å². The van der Waals surface area contributed by atoms with E-state index in [9.17, 15) is 4.79 Å². The second-order valence-corrected chi connectivity index (χ2v) is 3.82. The van der Waals surface area contributed by atoms with Crippen LogP contribution in [-0.4, -0.2) is 15.6 Å². The molecule has 0 atom stereocenters. The highest BCUT2D eigenvalue weighted by molar-refractivity contribution is 5.88. The Bertz CT molecular complexity index is 615. The Hall–Kier alpha value is -2.49. The lowest BCUT2D eigenvalue weighted by atomic mass is 10.1. The van der Waals surface area contributed by atoms with Gasteiger partial charge in [-0.15, -0.1) is 0 Å². The predicted molar refractivity (Wildman–Crippen MR) is 65.1 cm³/mol. The van der Waals surface area contributed by atoms with Crippen molar-refractivity contribution < 1.29 is 9.90 Å². The van der Waals surface area contributed by atoms with Crippen molar-refractivity contribution in [3.05, 3.63) is 59.2 Å². The van der Waals surface area contributed by atoms with Crippen molar-refractivity contribution in [3.63, 3.8) is 0 Å². The molecule has 3 heterocycles. The van der Waals surface area contributed by atoms with Crippen molar-refractivity contribution in [2.45, 2.75) is 0 Å². The number of carboxylic acid groups (broad SMARTS) is 1. The first-order chi connectivity index (χ1) is 8.25. The highest BCUT2D eigenvalue weighted by atomic mass is 16.4. The van der Waals surface area contributed by atoms with Gasteiger partial charge >= 0.3 is 5.97 Å². The fourth-order valence-electron chi connectivity index (χ4n) is 1.94. The van der Waals surface area contributed by atoms with E-state index in [1.807, 2.05) is 30.5 Å². The largest absolute Gasteiger partial charge is 0.477 e. The van der Waals surface area contributed by atoms with Gasteiger partial charge in [-0.25, -0.2) is 4.79 Å². The maximum Gasteiger partial charge on any atom is 0.352 e. The second kappa shape index (κ2) is 3.52. The van der Waals surface area contributed by atoms with Crippen LogP contribution in [0.4, 0.5) is 0 Å². The molecule has 4 heteroatoms. The zero-order valence-electron chi connectivity index (χ0n) is 8.92. The first-order valence-electron chi connectivity index (χ1n) is 5.24. The quantitative estimate of drug-likeness (QED) is 0.770. The zero-order chi connectivity index (χ0) is 11.8. The Kier molecular flexibility index (Phi) is 2.01. The normalized spacial score (nSPS) is 16.2. The predicted octanol–water partition coefficient (Wildman–Crippen LogP) is 2.05. The topological polar surface area (TPSA) is 54.3 Å². The highest BCUT2D eigenvalue weighted by Crippen LogP contribution is 2.22. The number of aromatic nitrogens is 1. The monoisotopic (exact) mass is 226 g/mol. The fraction of sp³-hybridized carbons (Fsp3) is 0. The van der Waals surface area contributed by atoms with Gasteiger partial charge in [-0.2, -0.15) is 0 Å². The molecule has 0 unspecified atom stereocenters. The van der Waals surface area contributed by atoms with Crippen LogP contribution in [0.2, 0.25) is 0 Å². The SMILES string of the molecule is O=C(O)c1ccc2n1C=C1NC=CC=C1C=C2. The summed E-state index contributed by atoms with van der Waals surface area (Å²) in [5.41, 5.74) is 3.04. The average molecular weight is 226 g/mol. The van der Waals surface area contributed by atoms with Gasteiger partial charge in [-0.05, 0) is 29.9 Å². The lowest BCUT2D eigenvalue weighted by Gasteiger charge is -2.11. The molecule has 2 N–H and O–H groups in total. The number of carboxylic acids is 1. The molecule has 84 valence electrons. The van der Waals surface area contributed by atoms with Gasteiger partial charge in [0.2, 0.25) is 0 Å². The number of dihydropyridines is 1. The van der Waals surface area contributed by atoms with Crippen molar-refractivity contribution >= 4 is 18.2 Å². The summed E-state index contributed by atoms with van der Waals surface area (Å²) in [5.74, 6) is -0.930. The molecule has 2 aliphatic heterocycles. The van der Waals surface area contributed by atoms with E-state index in [0.717, 1.165) is 17.0 Å². The Morgan fingerprint density at radius 1 is 1.29 bits per heavy atom. The maximum absolute atomic E-state index is 11.1. The number of rotatable bonds is 1. The molecule has 3 rings (SSSR count). The lowest BCUT2D eigenvalue weighted by molar-refractivity contribution is 0.0689. The number of aromatic carboxylic acids is 1. The van der Waals surface area contributed by atoms with Crippen LogP contribution in [0.25, 0.3) is 12.3 Å². The first-order valence-corrected chi connectivity index (χ1v) is 5.24. The second-order valence-electron chi connectivity index (χ2n) is 3.82. The van der Waals surface area contributed by atoms with E-state index in [0.29, 0.717) is 0 Å². The maximum atomic E-state index is 11.1. The number of nitrogens with one attached hydrogen (secondary N) is 1. The third kappa shape index (κ3) is 1.50. The molecule has 0 radical (unpaired) electrons. The van der Waals surface area contributed by atoms with E-state index in [2.05, 4.69) is 5.32 Å². The summed E-state index contributed by atoms with van der Waals surface area (Å²) < 4.78 is 1.67. The molecule has 0 spiro atoms. The molecular formula is C13H10N2O2. The molecule has 1 aromatic heterocycles. The van der Waals surface area contributed by atoms with Crippen LogP contribution in [0.3, 0.4) is 0 Å². The standard InChI is InChI=1S/C13H10N2O2/c16-13(17)12-6-5-10-4-3-9-2-1-7-14-11(9)8-15(10)12/h1-8,14H,(H,16,17). The molecule has 0 bridgehead atoms. The number of nitrogens with zero attached hydrogens (tertiary/aromatic N) is 1. The summed E-state index contributed by atoms with van der Waals surface area (Å²) in [7, 11) is 0. The Labute approximate surface area is 97.9 Å². The van der Waals surface area contributed by atoms with Gasteiger partial charge < -0.3 is 15.0 Å². The molecule has 0 amide bonds. The van der Waals surface area contributed by atoms with E-state index in [1.54, 1.807) is 22.9 Å². The molecule has 0 aliphatic carbocycles. The Morgan fingerprint density at radius 2 is 2.18 bits per heavy atom. The number of allylic oxidation sites excluding steroid dienone is 3. The summed E-state index contributed by atoms with van der Waals surface area (Å²) in [6, 6.07) is 3.40. The van der Waals surface area contributed by atoms with E-state index >= 15 is 0 Å². The van der Waals surface area contributed by atoms with Gasteiger partial charge in [0, 0.05) is 18.1 Å². The minimum Gasteiger partial charge on any atom is -0.477 e. The molecule has 2 aliphatic rings. The third-order valence-corrected chi connectivity index (χ3v) is 2.78. The minimum atomic E-state index is -0.930. The summed E-state index contributed by atoms with van der Waals surface area (Å²) in [5, 5.41) is 12.2. The molecule has 0 saturated carbocycles. The Morgan fingerprint density at radius 3 is 3.00 bits per heavy atom. The van der Waals surface area contributed by atoms with Crippen molar-refractivity contribution in [2.24, 2.45) is 0 Å². The fourth-order valence-corrected chi connectivity index (χ4v) is 1.94. The van der Waals surface area contributed by atoms with Crippen LogP contribution in [0, 0.1) is 0 Å². The van der Waals surface area contributed by atoms with Crippen LogP contribution in [-0.2, 0) is 0 Å². The summed E-state index contributed by atoms with van der Waals surface area (Å²) in [4.78, 5) is 11.1. The average Bonchev–Trinajstić information content (AvgIpc) is 2.63. The van der Waals surface area contributed by atoms with Crippen LogP contribution >= 0.6 is 0 Å². The van der Waals surface area contributed by atoms with Gasteiger partial charge in [0.05, 0.1) is 5.70 Å². The van der Waals surface area contributed by atoms with Gasteiger partial charge in [0.1, 0.15) is 5.69 Å². The molecule has 0 aromatic carbocycles. The molecular weight excluding hydrogens is 216 g/mol. The van der Waals surface area contributed by atoms with Gasteiger partial charge in [-0.1, -0.05) is 12.2 Å². The van der Waals surface area contributed by atoms with Crippen molar-refractivity contribution in [2.75, 3.05) is 0 Å². The van der Waals surface area contributed by atoms with Gasteiger partial charge in [0.15, 0.2) is 0 Å². The number of hydrogen-bond donors (Lipinski definition) is 2. The lowest BCUT2D eigenvalue weighted by Crippen LogP contribution is -2.11. The number of fused-ring (bicyclic) bond motifs is 2. The van der Waals surface area contributed by atoms with Crippen molar-refractivity contribution in [3.8, 4) is 0 Å². The molecule has 1 aromatic rings.